The molecule has 0 amide bonds. The summed E-state index contributed by atoms with van der Waals surface area (Å²) >= 11 is 1.57. The third-order valence-electron chi connectivity index (χ3n) is 5.10. The van der Waals surface area contributed by atoms with Crippen molar-refractivity contribution in [1.29, 1.82) is 0 Å². The highest BCUT2D eigenvalue weighted by molar-refractivity contribution is 7.99. The van der Waals surface area contributed by atoms with E-state index in [4.69, 9.17) is 13.9 Å². The Hall–Kier alpha value is -2.51. The van der Waals surface area contributed by atoms with Gasteiger partial charge >= 0.3 is 0 Å². The zero-order chi connectivity index (χ0) is 21.1. The van der Waals surface area contributed by atoms with Crippen molar-refractivity contribution in [3.8, 4) is 5.75 Å². The Morgan fingerprint density at radius 1 is 1.07 bits per heavy atom. The first-order valence-electron chi connectivity index (χ1n) is 9.68. The van der Waals surface area contributed by atoms with Crippen LogP contribution < -0.4 is 9.64 Å². The van der Waals surface area contributed by atoms with Crippen LogP contribution in [0, 0.1) is 11.6 Å². The molecule has 0 saturated carbocycles. The van der Waals surface area contributed by atoms with E-state index in [9.17, 15) is 8.78 Å². The van der Waals surface area contributed by atoms with E-state index < -0.39 is 11.6 Å². The van der Waals surface area contributed by atoms with Gasteiger partial charge in [-0.3, -0.25) is 0 Å². The summed E-state index contributed by atoms with van der Waals surface area (Å²) in [4.78, 5) is 3.21. The van der Waals surface area contributed by atoms with E-state index >= 15 is 0 Å². The highest BCUT2D eigenvalue weighted by Crippen LogP contribution is 2.47. The maximum Gasteiger partial charge on any atom is 0.130 e. The average Bonchev–Trinajstić information content (AvgIpc) is 3.09. The lowest BCUT2D eigenvalue weighted by molar-refractivity contribution is 0.162. The minimum absolute atomic E-state index is 0.137. The van der Waals surface area contributed by atoms with Crippen LogP contribution in [-0.4, -0.2) is 20.8 Å². The molecule has 0 fully saturated rings. The fourth-order valence-corrected chi connectivity index (χ4v) is 4.99. The lowest BCUT2D eigenvalue weighted by Gasteiger charge is -2.23. The van der Waals surface area contributed by atoms with Crippen LogP contribution in [-0.2, 0) is 17.9 Å². The number of nitrogens with zero attached hydrogens (tertiary/aromatic N) is 1. The quantitative estimate of drug-likeness (QED) is 0.481. The smallest absolute Gasteiger partial charge is 0.130 e. The number of benzene rings is 2. The van der Waals surface area contributed by atoms with Crippen molar-refractivity contribution >= 4 is 17.4 Å². The molecule has 1 atom stereocenters. The Morgan fingerprint density at radius 2 is 1.90 bits per heavy atom. The van der Waals surface area contributed by atoms with Gasteiger partial charge in [-0.25, -0.2) is 8.78 Å². The molecule has 4 rings (SSSR count). The fourth-order valence-electron chi connectivity index (χ4n) is 3.64. The van der Waals surface area contributed by atoms with Crippen molar-refractivity contribution in [2.24, 2.45) is 0 Å². The number of ether oxygens (including phenoxy) is 2. The van der Waals surface area contributed by atoms with Crippen molar-refractivity contribution in [2.45, 2.75) is 29.7 Å². The first kappa shape index (κ1) is 20.8. The van der Waals surface area contributed by atoms with Crippen molar-refractivity contribution in [3.63, 3.8) is 0 Å². The van der Waals surface area contributed by atoms with Gasteiger partial charge in [-0.1, -0.05) is 6.07 Å². The summed E-state index contributed by atoms with van der Waals surface area (Å²) in [5.41, 5.74) is 1.55. The van der Waals surface area contributed by atoms with Crippen molar-refractivity contribution in [2.75, 3.05) is 25.7 Å². The van der Waals surface area contributed by atoms with Crippen LogP contribution in [0.15, 0.2) is 57.8 Å². The third kappa shape index (κ3) is 4.47. The second kappa shape index (κ2) is 9.10. The summed E-state index contributed by atoms with van der Waals surface area (Å²) in [6.45, 7) is 1.71. The number of furan rings is 1. The average molecular weight is 432 g/mol. The minimum atomic E-state index is -0.566. The SMILES string of the molecule is COCc1ccc(CN2CCC(c3ccc(F)cc3F)Sc3cc(OC)ccc32)o1. The standard InChI is InChI=1S/C23H23F2NO3S/c1-27-14-18-5-4-17(29-18)13-26-10-9-22(19-7-3-15(24)11-20(19)25)30-23-12-16(28-2)6-8-21(23)26/h3-8,11-12,22H,9-10,13-14H2,1-2H3. The van der Waals surface area contributed by atoms with E-state index in [1.807, 2.05) is 30.3 Å². The Kier molecular flexibility index (Phi) is 6.29. The summed E-state index contributed by atoms with van der Waals surface area (Å²) in [5, 5.41) is -0.137. The first-order valence-corrected chi connectivity index (χ1v) is 10.6. The number of halogens is 2. The van der Waals surface area contributed by atoms with Crippen LogP contribution >= 0.6 is 11.8 Å². The molecule has 158 valence electrons. The van der Waals surface area contributed by atoms with E-state index in [1.165, 1.54) is 6.07 Å². The molecule has 2 aromatic carbocycles. The molecule has 0 spiro atoms. The molecule has 3 aromatic rings. The zero-order valence-corrected chi connectivity index (χ0v) is 17.7. The molecule has 2 heterocycles. The summed E-state index contributed by atoms with van der Waals surface area (Å²) in [7, 11) is 3.25. The monoisotopic (exact) mass is 431 g/mol. The minimum Gasteiger partial charge on any atom is -0.497 e. The maximum absolute atomic E-state index is 14.5. The van der Waals surface area contributed by atoms with Gasteiger partial charge in [0, 0.05) is 35.4 Å². The third-order valence-corrected chi connectivity index (χ3v) is 6.45. The predicted octanol–water partition coefficient (Wildman–Crippen LogP) is 5.96. The molecule has 1 aliphatic rings. The van der Waals surface area contributed by atoms with Crippen LogP contribution in [0.4, 0.5) is 14.5 Å². The lowest BCUT2D eigenvalue weighted by atomic mass is 10.1. The van der Waals surface area contributed by atoms with Crippen molar-refractivity contribution < 1.29 is 22.7 Å². The Bertz CT molecular complexity index is 1020. The Morgan fingerprint density at radius 3 is 2.67 bits per heavy atom. The summed E-state index contributed by atoms with van der Waals surface area (Å²) in [5.74, 6) is 1.27. The van der Waals surface area contributed by atoms with E-state index in [2.05, 4.69) is 4.90 Å². The summed E-state index contributed by atoms with van der Waals surface area (Å²) in [6.07, 6.45) is 0.704. The molecule has 30 heavy (non-hydrogen) atoms. The maximum atomic E-state index is 14.5. The number of hydrogen-bond acceptors (Lipinski definition) is 5. The molecule has 1 aromatic heterocycles. The van der Waals surface area contributed by atoms with Crippen LogP contribution in [0.2, 0.25) is 0 Å². The van der Waals surface area contributed by atoms with Crippen molar-refractivity contribution in [3.05, 3.63) is 77.2 Å². The van der Waals surface area contributed by atoms with Crippen LogP contribution in [0.1, 0.15) is 28.8 Å². The van der Waals surface area contributed by atoms with E-state index in [0.717, 1.165) is 33.9 Å². The van der Waals surface area contributed by atoms with Gasteiger partial charge < -0.3 is 18.8 Å². The number of methoxy groups -OCH3 is 2. The number of fused-ring (bicyclic) bond motifs is 1. The Balaban J connectivity index is 1.65. The van der Waals surface area contributed by atoms with Gasteiger partial charge in [0.2, 0.25) is 0 Å². The number of hydrogen-bond donors (Lipinski definition) is 0. The van der Waals surface area contributed by atoms with E-state index in [-0.39, 0.29) is 5.25 Å². The highest BCUT2D eigenvalue weighted by atomic mass is 32.2. The molecule has 1 aliphatic heterocycles. The molecule has 0 aliphatic carbocycles. The van der Waals surface area contributed by atoms with Crippen LogP contribution in [0.5, 0.6) is 5.75 Å². The van der Waals surface area contributed by atoms with Gasteiger partial charge in [-0.15, -0.1) is 11.8 Å². The van der Waals surface area contributed by atoms with Gasteiger partial charge in [0.15, 0.2) is 0 Å². The van der Waals surface area contributed by atoms with Gasteiger partial charge in [0.05, 0.1) is 19.3 Å². The zero-order valence-electron chi connectivity index (χ0n) is 16.9. The predicted molar refractivity (Wildman–Crippen MR) is 113 cm³/mol. The molecule has 4 nitrogen and oxygen atoms in total. The molecule has 0 N–H and O–H groups in total. The molecule has 1 unspecified atom stereocenters. The van der Waals surface area contributed by atoms with Crippen LogP contribution in [0.3, 0.4) is 0 Å². The van der Waals surface area contributed by atoms with Gasteiger partial charge in [-0.2, -0.15) is 0 Å². The molecular weight excluding hydrogens is 408 g/mol. The second-order valence-corrected chi connectivity index (χ2v) is 8.36. The van der Waals surface area contributed by atoms with E-state index in [1.54, 1.807) is 32.0 Å². The Labute approximate surface area is 178 Å². The van der Waals surface area contributed by atoms with Crippen molar-refractivity contribution in [1.82, 2.24) is 0 Å². The largest absolute Gasteiger partial charge is 0.497 e. The normalized spacial score (nSPS) is 16.3. The number of thioether (sulfide) groups is 1. The topological polar surface area (TPSA) is 34.8 Å². The summed E-state index contributed by atoms with van der Waals surface area (Å²) < 4.78 is 44.3. The molecule has 7 heteroatoms. The molecule has 0 radical (unpaired) electrons. The summed E-state index contributed by atoms with van der Waals surface area (Å²) in [6, 6.07) is 13.6. The van der Waals surface area contributed by atoms with Crippen LogP contribution in [0.25, 0.3) is 0 Å². The lowest BCUT2D eigenvalue weighted by Crippen LogP contribution is -2.23. The first-order chi connectivity index (χ1) is 14.6. The fraction of sp³-hybridized carbons (Fsp3) is 0.304. The molecule has 0 saturated heterocycles. The highest BCUT2D eigenvalue weighted by Gasteiger charge is 2.26. The number of anilines is 1. The van der Waals surface area contributed by atoms with Gasteiger partial charge in [0.1, 0.15) is 35.5 Å². The molecule has 0 bridgehead atoms. The van der Waals surface area contributed by atoms with E-state index in [0.29, 0.717) is 31.7 Å². The number of rotatable bonds is 6. The van der Waals surface area contributed by atoms with Gasteiger partial charge in [-0.05, 0) is 42.8 Å². The second-order valence-electron chi connectivity index (χ2n) is 7.12. The molecular formula is C23H23F2NO3S. The van der Waals surface area contributed by atoms with Gasteiger partial charge in [0.25, 0.3) is 0 Å².